The summed E-state index contributed by atoms with van der Waals surface area (Å²) >= 11 is 1.73. The molecule has 1 fully saturated rings. The first-order valence-corrected chi connectivity index (χ1v) is 8.53. The van der Waals surface area contributed by atoms with E-state index in [2.05, 4.69) is 32.2 Å². The Bertz CT molecular complexity index is 564. The van der Waals surface area contributed by atoms with E-state index in [1.807, 2.05) is 6.07 Å². The number of thiophene rings is 1. The number of nitrogens with one attached hydrogen (secondary N) is 2. The Morgan fingerprint density at radius 3 is 2.86 bits per heavy atom. The Balaban J connectivity index is 1.61. The first-order chi connectivity index (χ1) is 10.7. The van der Waals surface area contributed by atoms with E-state index < -0.39 is 0 Å². The van der Waals surface area contributed by atoms with E-state index in [-0.39, 0.29) is 17.9 Å². The Morgan fingerprint density at radius 2 is 2.23 bits per heavy atom. The summed E-state index contributed by atoms with van der Waals surface area (Å²) in [5.41, 5.74) is 2.77. The van der Waals surface area contributed by atoms with Crippen molar-refractivity contribution >= 4 is 28.9 Å². The van der Waals surface area contributed by atoms with Gasteiger partial charge in [0.2, 0.25) is 5.91 Å². The minimum atomic E-state index is -0.180. The second kappa shape index (κ2) is 7.02. The topological polar surface area (TPSA) is 73.8 Å². The maximum Gasteiger partial charge on any atom is 0.267 e. The van der Waals surface area contributed by atoms with E-state index in [1.54, 1.807) is 11.3 Å². The van der Waals surface area contributed by atoms with Crippen molar-refractivity contribution in [3.8, 4) is 0 Å². The first kappa shape index (κ1) is 15.2. The third-order valence-corrected chi connectivity index (χ3v) is 5.05. The lowest BCUT2D eigenvalue weighted by Gasteiger charge is -2.27. The molecule has 1 atom stereocenters. The van der Waals surface area contributed by atoms with Crippen molar-refractivity contribution in [1.29, 1.82) is 0 Å². The molecule has 0 radical (unpaired) electrons. The molecule has 1 aromatic heterocycles. The Morgan fingerprint density at radius 1 is 1.41 bits per heavy atom. The van der Waals surface area contributed by atoms with Crippen LogP contribution in [0.25, 0.3) is 0 Å². The lowest BCUT2D eigenvalue weighted by molar-refractivity contribution is -0.121. The average molecular weight is 320 g/mol. The van der Waals surface area contributed by atoms with Crippen molar-refractivity contribution in [1.82, 2.24) is 15.6 Å². The first-order valence-electron chi connectivity index (χ1n) is 7.65. The summed E-state index contributed by atoms with van der Waals surface area (Å²) in [7, 11) is 0. The van der Waals surface area contributed by atoms with Crippen LogP contribution in [0.1, 0.15) is 36.6 Å². The molecule has 3 heterocycles. The summed E-state index contributed by atoms with van der Waals surface area (Å²) in [6.07, 6.45) is 3.17. The van der Waals surface area contributed by atoms with E-state index in [4.69, 9.17) is 0 Å². The number of hydrazone groups is 1. The normalized spacial score (nSPS) is 20.4. The fourth-order valence-electron chi connectivity index (χ4n) is 2.87. The van der Waals surface area contributed by atoms with Gasteiger partial charge in [0.05, 0.1) is 6.04 Å². The summed E-state index contributed by atoms with van der Waals surface area (Å²) in [4.78, 5) is 27.0. The molecule has 0 aromatic carbocycles. The maximum absolute atomic E-state index is 12.2. The molecule has 0 aliphatic carbocycles. The van der Waals surface area contributed by atoms with Gasteiger partial charge in [-0.1, -0.05) is 6.07 Å². The van der Waals surface area contributed by atoms with Crippen molar-refractivity contribution in [3.63, 3.8) is 0 Å². The Hall–Kier alpha value is -1.73. The van der Waals surface area contributed by atoms with E-state index in [1.165, 1.54) is 17.7 Å². The molecular formula is C15H20N4O2S. The largest absolute Gasteiger partial charge is 0.349 e. The third kappa shape index (κ3) is 3.53. The van der Waals surface area contributed by atoms with Crippen LogP contribution in [0.15, 0.2) is 22.6 Å². The number of rotatable bonds is 5. The molecule has 1 unspecified atom stereocenters. The number of hydrogen-bond acceptors (Lipinski definition) is 5. The fourth-order valence-corrected chi connectivity index (χ4v) is 3.73. The highest BCUT2D eigenvalue weighted by Gasteiger charge is 2.26. The van der Waals surface area contributed by atoms with Crippen LogP contribution >= 0.6 is 11.3 Å². The SMILES string of the molecule is O=C1CCC(C(=O)NCC(c2cccs2)N2CCCC2)=NN1. The molecule has 1 saturated heterocycles. The maximum atomic E-state index is 12.2. The number of likely N-dealkylation sites (tertiary alicyclic amines) is 1. The molecule has 2 aliphatic heterocycles. The summed E-state index contributed by atoms with van der Waals surface area (Å²) < 4.78 is 0. The number of carbonyl (C=O) groups is 2. The van der Waals surface area contributed by atoms with Crippen LogP contribution in [-0.4, -0.2) is 42.1 Å². The van der Waals surface area contributed by atoms with Crippen molar-refractivity contribution in [3.05, 3.63) is 22.4 Å². The zero-order valence-electron chi connectivity index (χ0n) is 12.4. The van der Waals surface area contributed by atoms with Gasteiger partial charge >= 0.3 is 0 Å². The zero-order valence-corrected chi connectivity index (χ0v) is 13.2. The third-order valence-electron chi connectivity index (χ3n) is 4.08. The highest BCUT2D eigenvalue weighted by atomic mass is 32.1. The average Bonchev–Trinajstić information content (AvgIpc) is 3.22. The fraction of sp³-hybridized carbons (Fsp3) is 0.533. The van der Waals surface area contributed by atoms with Crippen LogP contribution in [0.3, 0.4) is 0 Å². The van der Waals surface area contributed by atoms with E-state index in [0.29, 0.717) is 25.1 Å². The minimum Gasteiger partial charge on any atom is -0.349 e. The molecule has 2 amide bonds. The molecule has 2 aliphatic rings. The number of carbonyl (C=O) groups excluding carboxylic acids is 2. The van der Waals surface area contributed by atoms with Crippen LogP contribution in [0.4, 0.5) is 0 Å². The van der Waals surface area contributed by atoms with E-state index in [0.717, 1.165) is 13.1 Å². The van der Waals surface area contributed by atoms with Crippen molar-refractivity contribution in [2.45, 2.75) is 31.7 Å². The van der Waals surface area contributed by atoms with Crippen LogP contribution in [0, 0.1) is 0 Å². The van der Waals surface area contributed by atoms with Gasteiger partial charge in [-0.2, -0.15) is 5.10 Å². The molecular weight excluding hydrogens is 300 g/mol. The molecule has 6 nitrogen and oxygen atoms in total. The predicted molar refractivity (Wildman–Crippen MR) is 85.7 cm³/mol. The molecule has 0 spiro atoms. The molecule has 118 valence electrons. The predicted octanol–water partition coefficient (Wildman–Crippen LogP) is 1.27. The highest BCUT2D eigenvalue weighted by molar-refractivity contribution is 7.10. The number of nitrogens with zero attached hydrogens (tertiary/aromatic N) is 2. The van der Waals surface area contributed by atoms with Gasteiger partial charge in [-0.25, -0.2) is 5.43 Å². The van der Waals surface area contributed by atoms with Gasteiger partial charge in [0.15, 0.2) is 0 Å². The number of hydrogen-bond donors (Lipinski definition) is 2. The van der Waals surface area contributed by atoms with Crippen molar-refractivity contribution < 1.29 is 9.59 Å². The second-order valence-electron chi connectivity index (χ2n) is 5.58. The molecule has 0 saturated carbocycles. The summed E-state index contributed by atoms with van der Waals surface area (Å²) in [6.45, 7) is 2.73. The minimum absolute atomic E-state index is 0.134. The molecule has 22 heavy (non-hydrogen) atoms. The van der Waals surface area contributed by atoms with Gasteiger partial charge in [-0.15, -0.1) is 11.3 Å². The number of amides is 2. The van der Waals surface area contributed by atoms with Crippen LogP contribution in [0.5, 0.6) is 0 Å². The van der Waals surface area contributed by atoms with E-state index >= 15 is 0 Å². The van der Waals surface area contributed by atoms with Crippen LogP contribution in [0.2, 0.25) is 0 Å². The summed E-state index contributed by atoms with van der Waals surface area (Å²) in [5, 5.41) is 8.89. The van der Waals surface area contributed by atoms with Gasteiger partial charge in [0.1, 0.15) is 5.71 Å². The lowest BCUT2D eigenvalue weighted by Crippen LogP contribution is -2.41. The molecule has 1 aromatic rings. The van der Waals surface area contributed by atoms with Gasteiger partial charge in [-0.05, 0) is 37.4 Å². The van der Waals surface area contributed by atoms with Crippen molar-refractivity contribution in [2.24, 2.45) is 5.10 Å². The monoisotopic (exact) mass is 320 g/mol. The van der Waals surface area contributed by atoms with Gasteiger partial charge < -0.3 is 5.32 Å². The smallest absolute Gasteiger partial charge is 0.267 e. The summed E-state index contributed by atoms with van der Waals surface area (Å²) in [6, 6.07) is 4.40. The standard InChI is InChI=1S/C15H20N4O2S/c20-14-6-5-11(17-18-14)15(21)16-10-12(13-4-3-9-22-13)19-7-1-2-8-19/h3-4,9,12H,1-2,5-8,10H2,(H,16,21)(H,18,20). The lowest BCUT2D eigenvalue weighted by atomic mass is 10.1. The Labute approximate surface area is 133 Å². The van der Waals surface area contributed by atoms with Crippen LogP contribution < -0.4 is 10.7 Å². The quantitative estimate of drug-likeness (QED) is 0.858. The van der Waals surface area contributed by atoms with Gasteiger partial charge in [0.25, 0.3) is 5.91 Å². The Kier molecular flexibility index (Phi) is 4.84. The second-order valence-corrected chi connectivity index (χ2v) is 6.56. The zero-order chi connectivity index (χ0) is 15.4. The molecule has 7 heteroatoms. The summed E-state index contributed by atoms with van der Waals surface area (Å²) in [5.74, 6) is -0.314. The van der Waals surface area contributed by atoms with Gasteiger partial charge in [-0.3, -0.25) is 14.5 Å². The molecule has 2 N–H and O–H groups in total. The highest BCUT2D eigenvalue weighted by Crippen LogP contribution is 2.27. The van der Waals surface area contributed by atoms with E-state index in [9.17, 15) is 9.59 Å². The molecule has 3 rings (SSSR count). The van der Waals surface area contributed by atoms with Crippen molar-refractivity contribution in [2.75, 3.05) is 19.6 Å². The van der Waals surface area contributed by atoms with Crippen LogP contribution in [-0.2, 0) is 9.59 Å². The van der Waals surface area contributed by atoms with Gasteiger partial charge in [0, 0.05) is 24.3 Å². The molecule has 0 bridgehead atoms.